The van der Waals surface area contributed by atoms with Crippen molar-refractivity contribution < 1.29 is 9.53 Å². The highest BCUT2D eigenvalue weighted by molar-refractivity contribution is 9.10. The van der Waals surface area contributed by atoms with Crippen LogP contribution in [0.2, 0.25) is 0 Å². The van der Waals surface area contributed by atoms with Crippen molar-refractivity contribution in [2.75, 3.05) is 13.2 Å². The summed E-state index contributed by atoms with van der Waals surface area (Å²) >= 11 is 3.39. The molecule has 0 bridgehead atoms. The van der Waals surface area contributed by atoms with Gasteiger partial charge in [0.1, 0.15) is 12.4 Å². The van der Waals surface area contributed by atoms with E-state index in [1.54, 1.807) is 0 Å². The Bertz CT molecular complexity index is 640. The third kappa shape index (κ3) is 4.60. The van der Waals surface area contributed by atoms with Gasteiger partial charge in [-0.25, -0.2) is 0 Å². The molecule has 1 N–H and O–H groups in total. The van der Waals surface area contributed by atoms with E-state index in [-0.39, 0.29) is 5.91 Å². The first-order chi connectivity index (χ1) is 10.1. The molecule has 0 heterocycles. The monoisotopic (exact) mass is 347 g/mol. The second kappa shape index (κ2) is 7.27. The van der Waals surface area contributed by atoms with Crippen molar-refractivity contribution in [2.24, 2.45) is 0 Å². The quantitative estimate of drug-likeness (QED) is 0.833. The number of carbonyl (C=O) groups excluding carboxylic acids is 1. The number of hydrogen-bond donors (Lipinski definition) is 1. The Morgan fingerprint density at radius 3 is 2.67 bits per heavy atom. The summed E-state index contributed by atoms with van der Waals surface area (Å²) < 4.78 is 6.54. The highest BCUT2D eigenvalue weighted by Crippen LogP contribution is 2.17. The summed E-state index contributed by atoms with van der Waals surface area (Å²) in [4.78, 5) is 12.0. The van der Waals surface area contributed by atoms with Gasteiger partial charge in [0.15, 0.2) is 0 Å². The van der Waals surface area contributed by atoms with Crippen LogP contribution in [0, 0.1) is 13.8 Å². The van der Waals surface area contributed by atoms with Gasteiger partial charge in [0.2, 0.25) is 0 Å². The predicted molar refractivity (Wildman–Crippen MR) is 87.9 cm³/mol. The van der Waals surface area contributed by atoms with Crippen molar-refractivity contribution in [3.8, 4) is 5.75 Å². The van der Waals surface area contributed by atoms with Crippen molar-refractivity contribution in [1.82, 2.24) is 5.32 Å². The molecular formula is C17H18BrNO2. The van der Waals surface area contributed by atoms with Gasteiger partial charge in [-0.15, -0.1) is 0 Å². The van der Waals surface area contributed by atoms with Crippen molar-refractivity contribution in [2.45, 2.75) is 13.8 Å². The summed E-state index contributed by atoms with van der Waals surface area (Å²) in [6, 6.07) is 13.3. The highest BCUT2D eigenvalue weighted by Gasteiger charge is 2.05. The lowest BCUT2D eigenvalue weighted by Gasteiger charge is -2.09. The number of nitrogens with one attached hydrogen (secondary N) is 1. The average Bonchev–Trinajstić information content (AvgIpc) is 2.46. The number of ether oxygens (including phenoxy) is 1. The average molecular weight is 348 g/mol. The molecule has 21 heavy (non-hydrogen) atoms. The van der Waals surface area contributed by atoms with Gasteiger partial charge in [-0.1, -0.05) is 28.1 Å². The molecule has 4 heteroatoms. The van der Waals surface area contributed by atoms with Crippen molar-refractivity contribution in [3.63, 3.8) is 0 Å². The van der Waals surface area contributed by atoms with Crippen molar-refractivity contribution in [1.29, 1.82) is 0 Å². The summed E-state index contributed by atoms with van der Waals surface area (Å²) in [5.41, 5.74) is 2.98. The van der Waals surface area contributed by atoms with Crippen LogP contribution in [0.5, 0.6) is 5.75 Å². The molecule has 0 atom stereocenters. The zero-order chi connectivity index (χ0) is 15.2. The summed E-state index contributed by atoms with van der Waals surface area (Å²) in [6.07, 6.45) is 0. The number of rotatable bonds is 5. The molecule has 0 aliphatic rings. The Labute approximate surface area is 133 Å². The second-order valence-electron chi connectivity index (χ2n) is 4.86. The van der Waals surface area contributed by atoms with E-state index in [4.69, 9.17) is 4.74 Å². The third-order valence-corrected chi connectivity index (χ3v) is 3.71. The number of benzene rings is 2. The van der Waals surface area contributed by atoms with E-state index in [9.17, 15) is 4.79 Å². The van der Waals surface area contributed by atoms with Gasteiger partial charge in [-0.05, 0) is 55.3 Å². The number of halogens is 1. The highest BCUT2D eigenvalue weighted by atomic mass is 79.9. The molecule has 0 radical (unpaired) electrons. The zero-order valence-electron chi connectivity index (χ0n) is 12.2. The van der Waals surface area contributed by atoms with E-state index in [2.05, 4.69) is 21.2 Å². The molecule has 0 fully saturated rings. The molecule has 3 nitrogen and oxygen atoms in total. The first kappa shape index (κ1) is 15.6. The lowest BCUT2D eigenvalue weighted by molar-refractivity contribution is 0.0947. The normalized spacial score (nSPS) is 10.2. The summed E-state index contributed by atoms with van der Waals surface area (Å²) in [5, 5.41) is 2.85. The van der Waals surface area contributed by atoms with Crippen LogP contribution in [0.4, 0.5) is 0 Å². The third-order valence-electron chi connectivity index (χ3n) is 3.22. The minimum Gasteiger partial charge on any atom is -0.492 e. The van der Waals surface area contributed by atoms with Crippen LogP contribution in [0.15, 0.2) is 46.9 Å². The molecule has 0 saturated carbocycles. The first-order valence-electron chi connectivity index (χ1n) is 6.80. The molecule has 2 rings (SSSR count). The fourth-order valence-electron chi connectivity index (χ4n) is 1.87. The molecule has 0 saturated heterocycles. The maximum Gasteiger partial charge on any atom is 0.251 e. The zero-order valence-corrected chi connectivity index (χ0v) is 13.7. The van der Waals surface area contributed by atoms with Gasteiger partial charge in [-0.3, -0.25) is 4.79 Å². The molecule has 0 spiro atoms. The lowest BCUT2D eigenvalue weighted by atomic mass is 10.1. The number of carbonyl (C=O) groups is 1. The Hall–Kier alpha value is -1.81. The molecule has 0 aliphatic carbocycles. The van der Waals surface area contributed by atoms with E-state index >= 15 is 0 Å². The molecule has 2 aromatic rings. The van der Waals surface area contributed by atoms with Gasteiger partial charge < -0.3 is 10.1 Å². The fourth-order valence-corrected chi connectivity index (χ4v) is 2.25. The SMILES string of the molecule is Cc1ccc(C(=O)NCCOc2cccc(Br)c2)cc1C. The summed E-state index contributed by atoms with van der Waals surface area (Å²) in [5.74, 6) is 0.709. The number of aryl methyl sites for hydroxylation is 2. The Balaban J connectivity index is 1.80. The van der Waals surface area contributed by atoms with E-state index in [1.165, 1.54) is 5.56 Å². The lowest BCUT2D eigenvalue weighted by Crippen LogP contribution is -2.28. The first-order valence-corrected chi connectivity index (χ1v) is 7.59. The van der Waals surface area contributed by atoms with Gasteiger partial charge in [0.05, 0.1) is 6.54 Å². The Morgan fingerprint density at radius 1 is 1.14 bits per heavy atom. The molecule has 110 valence electrons. The maximum absolute atomic E-state index is 12.0. The molecule has 1 amide bonds. The molecule has 0 aliphatic heterocycles. The van der Waals surface area contributed by atoms with Crippen molar-refractivity contribution in [3.05, 3.63) is 63.6 Å². The predicted octanol–water partition coefficient (Wildman–Crippen LogP) is 3.87. The van der Waals surface area contributed by atoms with E-state index in [1.807, 2.05) is 56.3 Å². The molecule has 2 aromatic carbocycles. The van der Waals surface area contributed by atoms with Gasteiger partial charge >= 0.3 is 0 Å². The van der Waals surface area contributed by atoms with Gasteiger partial charge in [0.25, 0.3) is 5.91 Å². The molecule has 0 unspecified atom stereocenters. The van der Waals surface area contributed by atoms with Crippen LogP contribution >= 0.6 is 15.9 Å². The van der Waals surface area contributed by atoms with Crippen LogP contribution < -0.4 is 10.1 Å². The minimum absolute atomic E-state index is 0.0732. The molecule has 0 aromatic heterocycles. The summed E-state index contributed by atoms with van der Waals surface area (Å²) in [6.45, 7) is 4.94. The van der Waals surface area contributed by atoms with Gasteiger partial charge in [0, 0.05) is 10.0 Å². The fraction of sp³-hybridized carbons (Fsp3) is 0.235. The largest absolute Gasteiger partial charge is 0.492 e. The topological polar surface area (TPSA) is 38.3 Å². The van der Waals surface area contributed by atoms with Crippen LogP contribution in [-0.2, 0) is 0 Å². The minimum atomic E-state index is -0.0732. The van der Waals surface area contributed by atoms with Crippen LogP contribution in [0.25, 0.3) is 0 Å². The van der Waals surface area contributed by atoms with E-state index in [0.717, 1.165) is 15.8 Å². The second-order valence-corrected chi connectivity index (χ2v) is 5.78. The standard InChI is InChI=1S/C17H18BrNO2/c1-12-6-7-14(10-13(12)2)17(20)19-8-9-21-16-5-3-4-15(18)11-16/h3-7,10-11H,8-9H2,1-2H3,(H,19,20). The Morgan fingerprint density at radius 2 is 1.95 bits per heavy atom. The Kier molecular flexibility index (Phi) is 5.39. The maximum atomic E-state index is 12.0. The van der Waals surface area contributed by atoms with Crippen LogP contribution in [-0.4, -0.2) is 19.1 Å². The van der Waals surface area contributed by atoms with Crippen LogP contribution in [0.1, 0.15) is 21.5 Å². The number of hydrogen-bond acceptors (Lipinski definition) is 2. The van der Waals surface area contributed by atoms with Crippen molar-refractivity contribution >= 4 is 21.8 Å². The van der Waals surface area contributed by atoms with Crippen LogP contribution in [0.3, 0.4) is 0 Å². The smallest absolute Gasteiger partial charge is 0.251 e. The van der Waals surface area contributed by atoms with Gasteiger partial charge in [-0.2, -0.15) is 0 Å². The number of amides is 1. The van der Waals surface area contributed by atoms with E-state index in [0.29, 0.717) is 18.7 Å². The molecular weight excluding hydrogens is 330 g/mol. The summed E-state index contributed by atoms with van der Waals surface area (Å²) in [7, 11) is 0. The van der Waals surface area contributed by atoms with E-state index < -0.39 is 0 Å².